The van der Waals surface area contributed by atoms with Gasteiger partial charge in [-0.2, -0.15) is 10.1 Å². The van der Waals surface area contributed by atoms with Crippen LogP contribution in [0.4, 0.5) is 0 Å². The molecule has 0 radical (unpaired) electrons. The molecule has 5 rings (SSSR count). The normalized spacial score (nSPS) is 15.4. The van der Waals surface area contributed by atoms with Gasteiger partial charge in [-0.25, -0.2) is 14.6 Å². The zero-order chi connectivity index (χ0) is 17.5. The topological polar surface area (TPSA) is 82.5 Å². The van der Waals surface area contributed by atoms with E-state index in [9.17, 15) is 0 Å². The molecule has 7 nitrogen and oxygen atoms in total. The van der Waals surface area contributed by atoms with E-state index in [1.54, 1.807) is 24.3 Å². The molecule has 1 atom stereocenters. The van der Waals surface area contributed by atoms with Gasteiger partial charge in [0.05, 0.1) is 22.5 Å². The summed E-state index contributed by atoms with van der Waals surface area (Å²) < 4.78 is 7.26. The second-order valence-electron chi connectivity index (χ2n) is 6.33. The maximum Gasteiger partial charge on any atom is 0.239 e. The summed E-state index contributed by atoms with van der Waals surface area (Å²) in [5, 5.41) is 10.4. The van der Waals surface area contributed by atoms with E-state index in [2.05, 4.69) is 25.2 Å². The largest absolute Gasteiger partial charge is 0.338 e. The molecule has 0 N–H and O–H groups in total. The van der Waals surface area contributed by atoms with Crippen molar-refractivity contribution in [2.75, 3.05) is 0 Å². The number of fused-ring (bicyclic) bond motifs is 1. The quantitative estimate of drug-likeness (QED) is 0.392. The molecule has 8 heteroatoms. The predicted octanol–water partition coefficient (Wildman–Crippen LogP) is 3.93. The number of thioether (sulfide) groups is 1. The summed E-state index contributed by atoms with van der Waals surface area (Å²) in [6.45, 7) is 2.05. The molecule has 1 aromatic carbocycles. The highest BCUT2D eigenvalue weighted by molar-refractivity contribution is 7.99. The van der Waals surface area contributed by atoms with Crippen LogP contribution in [0.25, 0.3) is 16.7 Å². The average molecular weight is 364 g/mol. The Hall–Kier alpha value is -2.74. The number of benzene rings is 1. The number of aromatic nitrogens is 6. The van der Waals surface area contributed by atoms with E-state index in [0.717, 1.165) is 40.4 Å². The molecule has 0 spiro atoms. The molecule has 0 saturated heterocycles. The number of rotatable bonds is 5. The fourth-order valence-corrected chi connectivity index (χ4v) is 3.72. The van der Waals surface area contributed by atoms with E-state index in [4.69, 9.17) is 4.52 Å². The van der Waals surface area contributed by atoms with Crippen molar-refractivity contribution < 1.29 is 4.52 Å². The second-order valence-corrected chi connectivity index (χ2v) is 7.66. The molecule has 1 unspecified atom stereocenters. The molecule has 3 heterocycles. The Bertz CT molecular complexity index is 1060. The van der Waals surface area contributed by atoms with Crippen molar-refractivity contribution in [1.82, 2.24) is 29.9 Å². The van der Waals surface area contributed by atoms with Crippen LogP contribution in [-0.2, 0) is 0 Å². The fourth-order valence-electron chi connectivity index (χ4n) is 2.81. The first-order valence-corrected chi connectivity index (χ1v) is 9.42. The number of hydrogen-bond acceptors (Lipinski definition) is 7. The maximum atomic E-state index is 5.44. The minimum absolute atomic E-state index is 0.00757. The summed E-state index contributed by atoms with van der Waals surface area (Å²) in [5.74, 6) is 1.95. The van der Waals surface area contributed by atoms with Crippen LogP contribution in [0.3, 0.4) is 0 Å². The fraction of sp³-hybridized carbons (Fsp3) is 0.278. The molecular weight excluding hydrogens is 348 g/mol. The van der Waals surface area contributed by atoms with Crippen molar-refractivity contribution in [2.24, 2.45) is 0 Å². The van der Waals surface area contributed by atoms with E-state index in [1.165, 1.54) is 0 Å². The van der Waals surface area contributed by atoms with E-state index in [-0.39, 0.29) is 5.25 Å². The standard InChI is InChI=1S/C18H16N6OS/c1-11(17-22-15(23-25-17)12-7-8-12)26-18-14-9-21-24(16(14)19-10-20-18)13-5-3-2-4-6-13/h2-6,9-12H,7-8H2,1H3. The van der Waals surface area contributed by atoms with E-state index in [1.807, 2.05) is 41.9 Å². The third kappa shape index (κ3) is 2.76. The zero-order valence-corrected chi connectivity index (χ0v) is 14.9. The lowest BCUT2D eigenvalue weighted by atomic mass is 10.3. The van der Waals surface area contributed by atoms with Gasteiger partial charge in [0.2, 0.25) is 5.89 Å². The Morgan fingerprint density at radius 3 is 2.85 bits per heavy atom. The molecule has 1 aliphatic carbocycles. The summed E-state index contributed by atoms with van der Waals surface area (Å²) >= 11 is 1.58. The molecule has 0 bridgehead atoms. The summed E-state index contributed by atoms with van der Waals surface area (Å²) in [6.07, 6.45) is 5.69. The van der Waals surface area contributed by atoms with Gasteiger partial charge in [-0.3, -0.25) is 0 Å². The van der Waals surface area contributed by atoms with Crippen molar-refractivity contribution >= 4 is 22.8 Å². The van der Waals surface area contributed by atoms with Gasteiger partial charge < -0.3 is 4.52 Å². The molecule has 130 valence electrons. The molecule has 1 fully saturated rings. The van der Waals surface area contributed by atoms with Crippen LogP contribution in [0.5, 0.6) is 0 Å². The van der Waals surface area contributed by atoms with Gasteiger partial charge in [-0.15, -0.1) is 0 Å². The van der Waals surface area contributed by atoms with Crippen molar-refractivity contribution in [3.63, 3.8) is 0 Å². The molecule has 1 saturated carbocycles. The Morgan fingerprint density at radius 1 is 1.19 bits per heavy atom. The smallest absolute Gasteiger partial charge is 0.239 e. The van der Waals surface area contributed by atoms with Crippen molar-refractivity contribution in [2.45, 2.75) is 36.0 Å². The van der Waals surface area contributed by atoms with Crippen LogP contribution in [0.2, 0.25) is 0 Å². The first kappa shape index (κ1) is 15.5. The first-order chi connectivity index (χ1) is 12.8. The molecule has 0 amide bonds. The summed E-state index contributed by atoms with van der Waals surface area (Å²) in [4.78, 5) is 13.4. The highest BCUT2D eigenvalue weighted by Crippen LogP contribution is 2.40. The van der Waals surface area contributed by atoms with Crippen LogP contribution in [0.15, 0.2) is 52.4 Å². The van der Waals surface area contributed by atoms with Crippen LogP contribution < -0.4 is 0 Å². The van der Waals surface area contributed by atoms with E-state index < -0.39 is 0 Å². The van der Waals surface area contributed by atoms with Gasteiger partial charge in [0.25, 0.3) is 0 Å². The number of hydrogen-bond donors (Lipinski definition) is 0. The average Bonchev–Trinajstić information content (AvgIpc) is 3.24. The van der Waals surface area contributed by atoms with Crippen LogP contribution in [0.1, 0.15) is 42.6 Å². The Balaban J connectivity index is 1.46. The van der Waals surface area contributed by atoms with Crippen molar-refractivity contribution in [3.05, 3.63) is 54.6 Å². The van der Waals surface area contributed by atoms with Gasteiger partial charge in [-0.05, 0) is 31.9 Å². The molecule has 0 aliphatic heterocycles. The monoisotopic (exact) mass is 364 g/mol. The lowest BCUT2D eigenvalue weighted by molar-refractivity contribution is 0.375. The van der Waals surface area contributed by atoms with Crippen LogP contribution in [0, 0.1) is 0 Å². The Morgan fingerprint density at radius 2 is 2.04 bits per heavy atom. The van der Waals surface area contributed by atoms with Gasteiger partial charge in [0, 0.05) is 5.92 Å². The SMILES string of the molecule is CC(Sc1ncnc2c1cnn2-c1ccccc1)c1nc(C2CC2)no1. The highest BCUT2D eigenvalue weighted by atomic mass is 32.2. The first-order valence-electron chi connectivity index (χ1n) is 8.54. The van der Waals surface area contributed by atoms with Gasteiger partial charge in [0.15, 0.2) is 11.5 Å². The van der Waals surface area contributed by atoms with E-state index >= 15 is 0 Å². The van der Waals surface area contributed by atoms with Crippen molar-refractivity contribution in [1.29, 1.82) is 0 Å². The van der Waals surface area contributed by atoms with Crippen LogP contribution in [-0.4, -0.2) is 29.9 Å². The van der Waals surface area contributed by atoms with Crippen molar-refractivity contribution in [3.8, 4) is 5.69 Å². The predicted molar refractivity (Wildman–Crippen MR) is 97.2 cm³/mol. The molecule has 26 heavy (non-hydrogen) atoms. The Kier molecular flexibility index (Phi) is 3.70. The third-order valence-electron chi connectivity index (χ3n) is 4.37. The molecule has 3 aromatic heterocycles. The molecule has 4 aromatic rings. The zero-order valence-electron chi connectivity index (χ0n) is 14.1. The van der Waals surface area contributed by atoms with Gasteiger partial charge >= 0.3 is 0 Å². The van der Waals surface area contributed by atoms with Crippen LogP contribution >= 0.6 is 11.8 Å². The lowest BCUT2D eigenvalue weighted by Gasteiger charge is -2.07. The molecule has 1 aliphatic rings. The molecular formula is C18H16N6OS. The van der Waals surface area contributed by atoms with Gasteiger partial charge in [-0.1, -0.05) is 35.1 Å². The highest BCUT2D eigenvalue weighted by Gasteiger charge is 2.30. The van der Waals surface area contributed by atoms with E-state index in [0.29, 0.717) is 11.8 Å². The minimum atomic E-state index is 0.00757. The maximum absolute atomic E-state index is 5.44. The third-order valence-corrected chi connectivity index (χ3v) is 5.47. The number of para-hydroxylation sites is 1. The minimum Gasteiger partial charge on any atom is -0.338 e. The van der Waals surface area contributed by atoms with Gasteiger partial charge in [0.1, 0.15) is 11.4 Å². The summed E-state index contributed by atoms with van der Waals surface area (Å²) in [5.41, 5.74) is 1.75. The Labute approximate surface area is 153 Å². The second kappa shape index (κ2) is 6.21. The summed E-state index contributed by atoms with van der Waals surface area (Å²) in [7, 11) is 0. The number of nitrogens with zero attached hydrogens (tertiary/aromatic N) is 6. The lowest BCUT2D eigenvalue weighted by Crippen LogP contribution is -1.98. The summed E-state index contributed by atoms with van der Waals surface area (Å²) in [6, 6.07) is 9.95.